The summed E-state index contributed by atoms with van der Waals surface area (Å²) >= 11 is 0. The summed E-state index contributed by atoms with van der Waals surface area (Å²) in [5.41, 5.74) is 1.33. The summed E-state index contributed by atoms with van der Waals surface area (Å²) in [6.45, 7) is 3.78. The molecule has 2 atom stereocenters. The Kier molecular flexibility index (Phi) is 5.53. The van der Waals surface area contributed by atoms with Gasteiger partial charge in [-0.25, -0.2) is 4.68 Å². The minimum Gasteiger partial charge on any atom is -0.502 e. The average Bonchev–Trinajstić information content (AvgIpc) is 3.17. The van der Waals surface area contributed by atoms with Crippen LogP contribution < -0.4 is 5.43 Å². The third kappa shape index (κ3) is 3.52. The van der Waals surface area contributed by atoms with Crippen LogP contribution >= 0.6 is 0 Å². The van der Waals surface area contributed by atoms with Crippen molar-refractivity contribution in [2.75, 3.05) is 13.6 Å². The molecule has 3 aromatic rings. The number of carbonyl (C=O) groups excluding carboxylic acids is 1. The number of rotatable bonds is 3. The smallest absolute Gasteiger partial charge is 0.275 e. The predicted octanol–water partition coefficient (Wildman–Crippen LogP) is 1.80. The summed E-state index contributed by atoms with van der Waals surface area (Å²) in [5, 5.41) is 19.3. The van der Waals surface area contributed by atoms with Gasteiger partial charge in [-0.05, 0) is 25.3 Å². The molecule has 1 aliphatic rings. The van der Waals surface area contributed by atoms with Crippen molar-refractivity contribution in [1.29, 1.82) is 0 Å². The molecule has 0 saturated heterocycles. The quantitative estimate of drug-likeness (QED) is 0.644. The van der Waals surface area contributed by atoms with Crippen LogP contribution in [0.3, 0.4) is 0 Å². The lowest BCUT2D eigenvalue weighted by Crippen LogP contribution is -2.46. The van der Waals surface area contributed by atoms with Crippen molar-refractivity contribution in [2.24, 2.45) is 0 Å². The fourth-order valence-corrected chi connectivity index (χ4v) is 3.94. The molecule has 0 radical (unpaired) electrons. The van der Waals surface area contributed by atoms with E-state index in [1.54, 1.807) is 25.6 Å². The molecule has 0 fully saturated rings. The summed E-state index contributed by atoms with van der Waals surface area (Å²) in [6.07, 6.45) is 2.85. The first kappa shape index (κ1) is 21.0. The Balaban J connectivity index is 1.97. The van der Waals surface area contributed by atoms with Crippen molar-refractivity contribution in [1.82, 2.24) is 24.5 Å². The van der Waals surface area contributed by atoms with Gasteiger partial charge in [-0.2, -0.15) is 10.2 Å². The molecule has 8 heteroatoms. The van der Waals surface area contributed by atoms with Gasteiger partial charge in [0.2, 0.25) is 5.43 Å². The van der Waals surface area contributed by atoms with E-state index < -0.39 is 29.2 Å². The molecule has 2 aromatic heterocycles. The highest BCUT2D eigenvalue weighted by Gasteiger charge is 2.39. The molecule has 1 amide bonds. The van der Waals surface area contributed by atoms with E-state index in [0.29, 0.717) is 17.8 Å². The maximum Gasteiger partial charge on any atom is 0.275 e. The first-order chi connectivity index (χ1) is 15.5. The number of aromatic hydroxyl groups is 1. The van der Waals surface area contributed by atoms with Gasteiger partial charge in [0.1, 0.15) is 6.04 Å². The second-order valence-corrected chi connectivity index (χ2v) is 7.38. The van der Waals surface area contributed by atoms with E-state index in [2.05, 4.69) is 28.8 Å². The van der Waals surface area contributed by atoms with Crippen molar-refractivity contribution in [3.8, 4) is 29.4 Å². The Morgan fingerprint density at radius 2 is 1.84 bits per heavy atom. The minimum atomic E-state index is -0.699. The summed E-state index contributed by atoms with van der Waals surface area (Å²) in [4.78, 5) is 26.2. The normalized spacial score (nSPS) is 15.8. The Hall–Kier alpha value is -4.30. The van der Waals surface area contributed by atoms with Crippen LogP contribution in [0.25, 0.3) is 0 Å². The number of likely N-dealkylation sites (N-methyl/N-ethyl adjacent to an activating group) is 1. The second-order valence-electron chi connectivity index (χ2n) is 7.38. The van der Waals surface area contributed by atoms with Crippen LogP contribution in [0.5, 0.6) is 5.75 Å². The number of fused-ring (bicyclic) bond motifs is 1. The standard InChI is InChI=1S/C24H21N5O3/c1-4-9-17-14-28(26-18(17)10-5-2)21(16-11-7-6-8-12-16)19-15-27(3)24(32)22-23(31)20(30)13-25-29(19)22/h6-8,11-14,19,21,31H,15H2,1-3H3. The summed E-state index contributed by atoms with van der Waals surface area (Å²) in [7, 11) is 1.63. The van der Waals surface area contributed by atoms with Crippen molar-refractivity contribution >= 4 is 5.91 Å². The molecule has 8 nitrogen and oxygen atoms in total. The number of hydrogen-bond donors (Lipinski definition) is 1. The van der Waals surface area contributed by atoms with Gasteiger partial charge in [0.15, 0.2) is 17.1 Å². The van der Waals surface area contributed by atoms with Gasteiger partial charge in [0.25, 0.3) is 5.91 Å². The van der Waals surface area contributed by atoms with Gasteiger partial charge < -0.3 is 10.0 Å². The Morgan fingerprint density at radius 3 is 2.53 bits per heavy atom. The van der Waals surface area contributed by atoms with Crippen LogP contribution in [0.4, 0.5) is 0 Å². The van der Waals surface area contributed by atoms with Crippen molar-refractivity contribution in [2.45, 2.75) is 25.9 Å². The second kappa shape index (κ2) is 8.44. The van der Waals surface area contributed by atoms with Gasteiger partial charge >= 0.3 is 0 Å². The monoisotopic (exact) mass is 427 g/mol. The van der Waals surface area contributed by atoms with Gasteiger partial charge in [0, 0.05) is 19.8 Å². The number of amides is 1. The van der Waals surface area contributed by atoms with E-state index in [4.69, 9.17) is 5.10 Å². The van der Waals surface area contributed by atoms with Crippen LogP contribution in [0.15, 0.2) is 47.5 Å². The largest absolute Gasteiger partial charge is 0.502 e. The SMILES string of the molecule is CC#Cc1cn(C(c2ccccc2)C2CN(C)C(=O)c3c(O)c(=O)cnn32)nc1C#CC. The molecule has 1 aliphatic heterocycles. The lowest BCUT2D eigenvalue weighted by atomic mass is 9.97. The van der Waals surface area contributed by atoms with E-state index in [0.717, 1.165) is 11.8 Å². The number of nitrogens with zero attached hydrogens (tertiary/aromatic N) is 5. The number of hydrogen-bond acceptors (Lipinski definition) is 5. The van der Waals surface area contributed by atoms with Gasteiger partial charge in [-0.3, -0.25) is 14.3 Å². The van der Waals surface area contributed by atoms with E-state index in [-0.39, 0.29) is 5.69 Å². The van der Waals surface area contributed by atoms with Crippen LogP contribution in [0.2, 0.25) is 0 Å². The highest BCUT2D eigenvalue weighted by Crippen LogP contribution is 2.35. The molecule has 3 heterocycles. The van der Waals surface area contributed by atoms with Gasteiger partial charge in [-0.1, -0.05) is 42.2 Å². The fraction of sp³-hybridized carbons (Fsp3) is 0.250. The molecule has 160 valence electrons. The summed E-state index contributed by atoms with van der Waals surface area (Å²) in [6, 6.07) is 8.80. The third-order valence-corrected chi connectivity index (χ3v) is 5.34. The van der Waals surface area contributed by atoms with Crippen molar-refractivity contribution in [3.63, 3.8) is 0 Å². The predicted molar refractivity (Wildman–Crippen MR) is 118 cm³/mol. The molecule has 0 saturated carbocycles. The molecule has 0 bridgehead atoms. The van der Waals surface area contributed by atoms with E-state index in [1.165, 1.54) is 9.58 Å². The third-order valence-electron chi connectivity index (χ3n) is 5.34. The lowest BCUT2D eigenvalue weighted by Gasteiger charge is -2.37. The first-order valence-corrected chi connectivity index (χ1v) is 10.0. The van der Waals surface area contributed by atoms with Crippen molar-refractivity contribution in [3.05, 3.63) is 75.5 Å². The molecule has 32 heavy (non-hydrogen) atoms. The first-order valence-electron chi connectivity index (χ1n) is 10.0. The fourth-order valence-electron chi connectivity index (χ4n) is 3.94. The molecule has 0 aliphatic carbocycles. The highest BCUT2D eigenvalue weighted by atomic mass is 16.3. The summed E-state index contributed by atoms with van der Waals surface area (Å²) < 4.78 is 3.19. The van der Waals surface area contributed by atoms with Gasteiger partial charge in [-0.15, -0.1) is 5.92 Å². The number of aromatic nitrogens is 4. The molecule has 0 spiro atoms. The zero-order chi connectivity index (χ0) is 22.8. The topological polar surface area (TPSA) is 93.3 Å². The molecular formula is C24H21N5O3. The minimum absolute atomic E-state index is 0.133. The van der Waals surface area contributed by atoms with Crippen LogP contribution in [0, 0.1) is 23.7 Å². The molecule has 4 rings (SSSR count). The zero-order valence-electron chi connectivity index (χ0n) is 17.9. The van der Waals surface area contributed by atoms with E-state index >= 15 is 0 Å². The number of carbonyl (C=O) groups is 1. The summed E-state index contributed by atoms with van der Waals surface area (Å²) in [5.74, 6) is 10.7. The molecule has 1 aromatic carbocycles. The maximum absolute atomic E-state index is 12.8. The van der Waals surface area contributed by atoms with Crippen LogP contribution in [0.1, 0.15) is 53.2 Å². The van der Waals surface area contributed by atoms with Crippen LogP contribution in [-0.4, -0.2) is 49.1 Å². The highest BCUT2D eigenvalue weighted by molar-refractivity contribution is 5.95. The lowest BCUT2D eigenvalue weighted by molar-refractivity contribution is 0.0667. The molecule has 1 N–H and O–H groups in total. The average molecular weight is 427 g/mol. The van der Waals surface area contributed by atoms with E-state index in [1.807, 2.05) is 36.5 Å². The Bertz CT molecular complexity index is 1330. The Morgan fingerprint density at radius 1 is 1.12 bits per heavy atom. The number of benzene rings is 1. The van der Waals surface area contributed by atoms with Crippen LogP contribution in [-0.2, 0) is 0 Å². The van der Waals surface area contributed by atoms with E-state index in [9.17, 15) is 14.7 Å². The zero-order valence-corrected chi connectivity index (χ0v) is 17.9. The molecular weight excluding hydrogens is 406 g/mol. The maximum atomic E-state index is 12.8. The van der Waals surface area contributed by atoms with Crippen molar-refractivity contribution < 1.29 is 9.90 Å². The van der Waals surface area contributed by atoms with Gasteiger partial charge in [0.05, 0.1) is 17.8 Å². The molecule has 2 unspecified atom stereocenters. The Labute approximate surface area is 185 Å².